The van der Waals surface area contributed by atoms with Crippen LogP contribution in [0.4, 0.5) is 9.50 Å². The van der Waals surface area contributed by atoms with Crippen LogP contribution in [0.3, 0.4) is 0 Å². The van der Waals surface area contributed by atoms with E-state index in [1.807, 2.05) is 6.92 Å². The van der Waals surface area contributed by atoms with Crippen molar-refractivity contribution in [3.63, 3.8) is 0 Å². The first-order chi connectivity index (χ1) is 3.27. The zero-order valence-electron chi connectivity index (χ0n) is 4.81. The zero-order valence-corrected chi connectivity index (χ0v) is 4.81. The van der Waals surface area contributed by atoms with Gasteiger partial charge in [-0.05, 0) is 6.42 Å². The first-order valence-electron chi connectivity index (χ1n) is 2.30. The summed E-state index contributed by atoms with van der Waals surface area (Å²) in [5.41, 5.74) is 4.73. The summed E-state index contributed by atoms with van der Waals surface area (Å²) in [7, 11) is 0. The quantitative estimate of drug-likeness (QED) is 0.540. The number of nitrogens with one attached hydrogen (secondary N) is 1. The summed E-state index contributed by atoms with van der Waals surface area (Å²) >= 11 is 0. The van der Waals surface area contributed by atoms with E-state index < -0.39 is 6.03 Å². The number of halogens is 1. The van der Waals surface area contributed by atoms with Gasteiger partial charge in [0.25, 0.3) is 0 Å². The Balaban J connectivity index is 0. The van der Waals surface area contributed by atoms with Crippen molar-refractivity contribution in [3.05, 3.63) is 0 Å². The third-order valence-electron chi connectivity index (χ3n) is 0.549. The fourth-order valence-electron chi connectivity index (χ4n) is 0.248. The predicted octanol–water partition coefficient (Wildman–Crippen LogP) is 0.217. The van der Waals surface area contributed by atoms with Gasteiger partial charge in [0.2, 0.25) is 0 Å². The van der Waals surface area contributed by atoms with E-state index in [2.05, 4.69) is 5.32 Å². The number of carbonyl (C=O) groups excluding carboxylic acids is 1. The summed E-state index contributed by atoms with van der Waals surface area (Å²) in [5.74, 6) is 0. The maximum absolute atomic E-state index is 9.87. The van der Waals surface area contributed by atoms with Crippen molar-refractivity contribution >= 4 is 6.03 Å². The molecule has 2 amide bonds. The number of primary amides is 1. The molecule has 0 saturated heterocycles. The Hall–Kier alpha value is -0.800. The van der Waals surface area contributed by atoms with Gasteiger partial charge in [-0.1, -0.05) is 6.92 Å². The molecule has 0 aromatic heterocycles. The largest absolute Gasteiger partial charge is 0.352 e. The summed E-state index contributed by atoms with van der Waals surface area (Å²) in [5, 5.41) is 2.43. The minimum Gasteiger partial charge on any atom is -0.352 e. The molecule has 50 valence electrons. The Kier molecular flexibility index (Phi) is 7.93. The van der Waals surface area contributed by atoms with Gasteiger partial charge in [0.1, 0.15) is 0 Å². The lowest BCUT2D eigenvalue weighted by Crippen LogP contribution is -2.29. The second-order valence-corrected chi connectivity index (χ2v) is 1.29. The highest BCUT2D eigenvalue weighted by atomic mass is 19.0. The fourth-order valence-corrected chi connectivity index (χ4v) is 0.248. The second kappa shape index (κ2) is 6.20. The van der Waals surface area contributed by atoms with Gasteiger partial charge in [-0.25, -0.2) is 4.79 Å². The number of amides is 2. The lowest BCUT2D eigenvalue weighted by atomic mass is 10.5. The topological polar surface area (TPSA) is 55.1 Å². The average molecular weight is 122 g/mol. The number of hydrogen-bond donors (Lipinski definition) is 2. The van der Waals surface area contributed by atoms with Crippen LogP contribution in [-0.4, -0.2) is 12.6 Å². The average Bonchev–Trinajstić information content (AvgIpc) is 1.61. The Morgan fingerprint density at radius 1 is 1.75 bits per heavy atom. The van der Waals surface area contributed by atoms with Gasteiger partial charge < -0.3 is 11.1 Å². The number of urea groups is 1. The van der Waals surface area contributed by atoms with Gasteiger partial charge in [-0.15, -0.1) is 0 Å². The molecular formula is C4H11FN2O. The Labute approximate surface area is 47.6 Å². The molecule has 0 unspecified atom stereocenters. The van der Waals surface area contributed by atoms with E-state index in [0.29, 0.717) is 6.54 Å². The maximum atomic E-state index is 9.87. The third-order valence-corrected chi connectivity index (χ3v) is 0.549. The maximum Gasteiger partial charge on any atom is 0.312 e. The molecule has 0 spiro atoms. The van der Waals surface area contributed by atoms with Crippen molar-refractivity contribution < 1.29 is 9.50 Å². The van der Waals surface area contributed by atoms with Crippen molar-refractivity contribution in [2.24, 2.45) is 5.73 Å². The molecule has 0 heterocycles. The van der Waals surface area contributed by atoms with Crippen LogP contribution in [0.1, 0.15) is 13.3 Å². The predicted molar refractivity (Wildman–Crippen MR) is 30.4 cm³/mol. The van der Waals surface area contributed by atoms with E-state index in [1.165, 1.54) is 0 Å². The Morgan fingerprint density at radius 3 is 2.38 bits per heavy atom. The molecule has 0 saturated carbocycles. The van der Waals surface area contributed by atoms with E-state index >= 15 is 0 Å². The minimum atomic E-state index is -0.443. The van der Waals surface area contributed by atoms with Gasteiger partial charge in [-0.2, -0.15) is 0 Å². The highest BCUT2D eigenvalue weighted by Crippen LogP contribution is 1.66. The highest BCUT2D eigenvalue weighted by Gasteiger charge is 1.83. The first-order valence-corrected chi connectivity index (χ1v) is 2.30. The summed E-state index contributed by atoms with van der Waals surface area (Å²) in [6.45, 7) is 2.64. The van der Waals surface area contributed by atoms with Crippen molar-refractivity contribution in [2.45, 2.75) is 13.3 Å². The van der Waals surface area contributed by atoms with Crippen LogP contribution in [0, 0.1) is 0 Å². The van der Waals surface area contributed by atoms with Crippen molar-refractivity contribution in [3.8, 4) is 0 Å². The molecule has 0 rings (SSSR count). The molecule has 0 aromatic carbocycles. The molecule has 0 aliphatic rings. The molecule has 0 aromatic rings. The monoisotopic (exact) mass is 122 g/mol. The molecular weight excluding hydrogens is 111 g/mol. The standard InChI is InChI=1S/C4H10N2O.FH/c1-2-3-6-4(5)7;/h2-3H2,1H3,(H3,5,6,7);1H. The normalized spacial score (nSPS) is 7.12. The van der Waals surface area contributed by atoms with Crippen LogP contribution in [0.25, 0.3) is 0 Å². The molecule has 0 aliphatic heterocycles. The molecule has 0 fully saturated rings. The van der Waals surface area contributed by atoms with Crippen LogP contribution >= 0.6 is 0 Å². The molecule has 0 radical (unpaired) electrons. The Bertz CT molecular complexity index is 67.1. The fraction of sp³-hybridized carbons (Fsp3) is 0.750. The van der Waals surface area contributed by atoms with E-state index in [-0.39, 0.29) is 4.70 Å². The molecule has 8 heavy (non-hydrogen) atoms. The van der Waals surface area contributed by atoms with Crippen LogP contribution in [0.5, 0.6) is 0 Å². The lowest BCUT2D eigenvalue weighted by molar-refractivity contribution is 0.249. The Morgan fingerprint density at radius 2 is 2.25 bits per heavy atom. The smallest absolute Gasteiger partial charge is 0.312 e. The molecule has 4 heteroatoms. The molecule has 0 atom stereocenters. The van der Waals surface area contributed by atoms with Gasteiger partial charge in [0, 0.05) is 6.54 Å². The van der Waals surface area contributed by atoms with Crippen LogP contribution in [0.2, 0.25) is 0 Å². The van der Waals surface area contributed by atoms with E-state index in [1.54, 1.807) is 0 Å². The summed E-state index contributed by atoms with van der Waals surface area (Å²) in [4.78, 5) is 9.87. The van der Waals surface area contributed by atoms with Crippen LogP contribution in [-0.2, 0) is 0 Å². The van der Waals surface area contributed by atoms with Gasteiger partial charge >= 0.3 is 6.03 Å². The van der Waals surface area contributed by atoms with E-state index in [0.717, 1.165) is 6.42 Å². The van der Waals surface area contributed by atoms with Crippen LogP contribution in [0.15, 0.2) is 0 Å². The highest BCUT2D eigenvalue weighted by molar-refractivity contribution is 5.71. The summed E-state index contributed by atoms with van der Waals surface area (Å²) < 4.78 is 0. The molecule has 3 nitrogen and oxygen atoms in total. The lowest BCUT2D eigenvalue weighted by Gasteiger charge is -1.93. The van der Waals surface area contributed by atoms with Crippen molar-refractivity contribution in [1.29, 1.82) is 0 Å². The molecule has 0 aliphatic carbocycles. The second-order valence-electron chi connectivity index (χ2n) is 1.29. The van der Waals surface area contributed by atoms with Gasteiger partial charge in [0.15, 0.2) is 0 Å². The molecule has 3 N–H and O–H groups in total. The number of nitrogens with two attached hydrogens (primary N) is 1. The van der Waals surface area contributed by atoms with Gasteiger partial charge in [-0.3, -0.25) is 4.70 Å². The summed E-state index contributed by atoms with van der Waals surface area (Å²) in [6.07, 6.45) is 0.933. The number of hydrogen-bond acceptors (Lipinski definition) is 1. The van der Waals surface area contributed by atoms with E-state index in [4.69, 9.17) is 5.73 Å². The summed E-state index contributed by atoms with van der Waals surface area (Å²) in [6, 6.07) is -0.443. The first kappa shape index (κ1) is 10.2. The number of carbonyl (C=O) groups is 1. The minimum absolute atomic E-state index is 0. The van der Waals surface area contributed by atoms with E-state index in [9.17, 15) is 4.79 Å². The van der Waals surface area contributed by atoms with Gasteiger partial charge in [0.05, 0.1) is 0 Å². The SMILES string of the molecule is CCCNC(N)=O.F. The molecule has 0 bridgehead atoms. The number of rotatable bonds is 2. The third kappa shape index (κ3) is 8.96. The van der Waals surface area contributed by atoms with Crippen molar-refractivity contribution in [1.82, 2.24) is 5.32 Å². The zero-order chi connectivity index (χ0) is 5.70. The van der Waals surface area contributed by atoms with Crippen molar-refractivity contribution in [2.75, 3.05) is 6.54 Å². The van der Waals surface area contributed by atoms with Crippen LogP contribution < -0.4 is 11.1 Å².